The van der Waals surface area contributed by atoms with Gasteiger partial charge in [0.15, 0.2) is 5.76 Å². The summed E-state index contributed by atoms with van der Waals surface area (Å²) < 4.78 is 5.91. The average molecular weight is 473 g/mol. The molecule has 0 radical (unpaired) electrons. The lowest BCUT2D eigenvalue weighted by atomic mass is 10.1. The number of halogens is 2. The molecule has 0 aliphatic heterocycles. The number of rotatable bonds is 5. The fourth-order valence-corrected chi connectivity index (χ4v) is 3.26. The van der Waals surface area contributed by atoms with Crippen molar-refractivity contribution >= 4 is 56.5 Å². The standard InChI is InChI=1S/C19H11BrClN5O3/c20-11-5-7-16-14(9-11)18(13-3-1-2-4-15(13)21)24-19(23-16)25-22-10-12-6-8-17(29-12)26(27)28/h1-10H,(H,23,24,25)/b22-10+. The van der Waals surface area contributed by atoms with Crippen LogP contribution in [-0.4, -0.2) is 21.1 Å². The third-order valence-corrected chi connectivity index (χ3v) is 4.76. The summed E-state index contributed by atoms with van der Waals surface area (Å²) in [7, 11) is 0. The predicted molar refractivity (Wildman–Crippen MR) is 114 cm³/mol. The van der Waals surface area contributed by atoms with Gasteiger partial charge in [0, 0.05) is 20.4 Å². The van der Waals surface area contributed by atoms with Gasteiger partial charge in [0.25, 0.3) is 0 Å². The van der Waals surface area contributed by atoms with Crippen LogP contribution in [0.15, 0.2) is 68.6 Å². The normalized spacial score (nSPS) is 11.2. The minimum Gasteiger partial charge on any atom is -0.400 e. The van der Waals surface area contributed by atoms with Gasteiger partial charge in [-0.05, 0) is 30.3 Å². The molecule has 2 heterocycles. The number of aromatic nitrogens is 2. The first kappa shape index (κ1) is 19.0. The second-order valence-electron chi connectivity index (χ2n) is 5.84. The van der Waals surface area contributed by atoms with Gasteiger partial charge >= 0.3 is 5.88 Å². The van der Waals surface area contributed by atoms with Crippen molar-refractivity contribution < 1.29 is 9.34 Å². The van der Waals surface area contributed by atoms with Crippen molar-refractivity contribution in [1.29, 1.82) is 0 Å². The van der Waals surface area contributed by atoms with Gasteiger partial charge in [0.2, 0.25) is 5.95 Å². The van der Waals surface area contributed by atoms with Gasteiger partial charge in [-0.15, -0.1) is 0 Å². The minimum atomic E-state index is -0.620. The molecule has 0 bridgehead atoms. The zero-order valence-corrected chi connectivity index (χ0v) is 16.9. The Bertz CT molecular complexity index is 1260. The third kappa shape index (κ3) is 4.10. The number of furan rings is 1. The Kier molecular flexibility index (Phi) is 5.24. The molecular formula is C19H11BrClN5O3. The lowest BCUT2D eigenvalue weighted by molar-refractivity contribution is -0.402. The van der Waals surface area contributed by atoms with E-state index < -0.39 is 4.92 Å². The molecule has 0 spiro atoms. The lowest BCUT2D eigenvalue weighted by Gasteiger charge is -2.10. The summed E-state index contributed by atoms with van der Waals surface area (Å²) in [6, 6.07) is 15.7. The van der Waals surface area contributed by atoms with E-state index in [0.717, 1.165) is 15.4 Å². The summed E-state index contributed by atoms with van der Waals surface area (Å²) in [5, 5.41) is 16.1. The maximum absolute atomic E-state index is 10.7. The van der Waals surface area contributed by atoms with Crippen molar-refractivity contribution in [3.63, 3.8) is 0 Å². The molecule has 1 N–H and O–H groups in total. The fourth-order valence-electron chi connectivity index (χ4n) is 2.67. The van der Waals surface area contributed by atoms with Gasteiger partial charge in [-0.2, -0.15) is 5.10 Å². The number of hydrogen-bond acceptors (Lipinski definition) is 7. The summed E-state index contributed by atoms with van der Waals surface area (Å²) in [5.74, 6) is 0.104. The molecule has 2 aromatic heterocycles. The molecule has 29 heavy (non-hydrogen) atoms. The van der Waals surface area contributed by atoms with Crippen molar-refractivity contribution in [1.82, 2.24) is 9.97 Å². The van der Waals surface area contributed by atoms with Crippen LogP contribution in [0, 0.1) is 10.1 Å². The average Bonchev–Trinajstić information content (AvgIpc) is 3.17. The van der Waals surface area contributed by atoms with Crippen LogP contribution in [-0.2, 0) is 0 Å². The number of benzene rings is 2. The van der Waals surface area contributed by atoms with Crippen molar-refractivity contribution in [3.8, 4) is 11.3 Å². The Labute approximate surface area is 177 Å². The first-order chi connectivity index (χ1) is 14.0. The van der Waals surface area contributed by atoms with Gasteiger partial charge in [0.05, 0.1) is 23.5 Å². The number of nitrogens with one attached hydrogen (secondary N) is 1. The zero-order valence-electron chi connectivity index (χ0n) is 14.5. The van der Waals surface area contributed by atoms with E-state index in [-0.39, 0.29) is 17.6 Å². The Morgan fingerprint density at radius 3 is 2.76 bits per heavy atom. The molecule has 8 nitrogen and oxygen atoms in total. The predicted octanol–water partition coefficient (Wildman–Crippen LogP) is 5.66. The molecule has 10 heteroatoms. The van der Waals surface area contributed by atoms with Crippen LogP contribution >= 0.6 is 27.5 Å². The van der Waals surface area contributed by atoms with Crippen molar-refractivity contribution in [3.05, 3.63) is 80.0 Å². The number of nitrogens with zero attached hydrogens (tertiary/aromatic N) is 4. The topological polar surface area (TPSA) is 106 Å². The first-order valence-corrected chi connectivity index (χ1v) is 9.44. The molecule has 0 unspecified atom stereocenters. The van der Waals surface area contributed by atoms with Gasteiger partial charge in [-0.1, -0.05) is 45.7 Å². The Morgan fingerprint density at radius 2 is 2.00 bits per heavy atom. The molecule has 0 amide bonds. The second-order valence-corrected chi connectivity index (χ2v) is 7.16. The molecule has 144 valence electrons. The Morgan fingerprint density at radius 1 is 1.17 bits per heavy atom. The van der Waals surface area contributed by atoms with E-state index in [1.807, 2.05) is 36.4 Å². The highest BCUT2D eigenvalue weighted by Crippen LogP contribution is 2.33. The first-order valence-electron chi connectivity index (χ1n) is 8.27. The van der Waals surface area contributed by atoms with Crippen molar-refractivity contribution in [2.75, 3.05) is 5.43 Å². The Hall–Kier alpha value is -3.30. The van der Waals surface area contributed by atoms with Gasteiger partial charge < -0.3 is 4.42 Å². The minimum absolute atomic E-state index is 0.222. The summed E-state index contributed by atoms with van der Waals surface area (Å²) in [6.45, 7) is 0. The van der Waals surface area contributed by atoms with Crippen LogP contribution in [0.4, 0.5) is 11.8 Å². The number of anilines is 1. The monoisotopic (exact) mass is 471 g/mol. The molecule has 4 aromatic rings. The maximum atomic E-state index is 10.7. The van der Waals surface area contributed by atoms with E-state index in [4.69, 9.17) is 16.0 Å². The zero-order chi connectivity index (χ0) is 20.4. The van der Waals surface area contributed by atoms with Crippen molar-refractivity contribution in [2.45, 2.75) is 0 Å². The van der Waals surface area contributed by atoms with E-state index in [0.29, 0.717) is 16.2 Å². The smallest absolute Gasteiger partial charge is 0.400 e. The SMILES string of the molecule is O=[N+]([O-])c1ccc(/C=N/Nc2nc(-c3ccccc3Cl)c3cc(Br)ccc3n2)o1. The third-order valence-electron chi connectivity index (χ3n) is 3.94. The summed E-state index contributed by atoms with van der Waals surface area (Å²) in [4.78, 5) is 19.1. The number of fused-ring (bicyclic) bond motifs is 1. The Balaban J connectivity index is 1.71. The summed E-state index contributed by atoms with van der Waals surface area (Å²) in [5.41, 5.74) is 4.83. The molecular weight excluding hydrogens is 462 g/mol. The van der Waals surface area contributed by atoms with Gasteiger partial charge in [-0.3, -0.25) is 10.1 Å². The maximum Gasteiger partial charge on any atom is 0.433 e. The molecule has 0 saturated heterocycles. The lowest BCUT2D eigenvalue weighted by Crippen LogP contribution is -2.00. The highest BCUT2D eigenvalue weighted by Gasteiger charge is 2.13. The molecule has 0 saturated carbocycles. The van der Waals surface area contributed by atoms with Crippen molar-refractivity contribution in [2.24, 2.45) is 5.10 Å². The van der Waals surface area contributed by atoms with E-state index in [1.165, 1.54) is 18.3 Å². The molecule has 0 fully saturated rings. The molecule has 0 aliphatic rings. The van der Waals surface area contributed by atoms with E-state index in [1.54, 1.807) is 6.07 Å². The highest BCUT2D eigenvalue weighted by atomic mass is 79.9. The van der Waals surface area contributed by atoms with Crippen LogP contribution in [0.3, 0.4) is 0 Å². The van der Waals surface area contributed by atoms with E-state index in [2.05, 4.69) is 36.4 Å². The molecule has 2 aromatic carbocycles. The van der Waals surface area contributed by atoms with Crippen LogP contribution in [0.1, 0.15) is 5.76 Å². The largest absolute Gasteiger partial charge is 0.433 e. The molecule has 0 aliphatic carbocycles. The van der Waals surface area contributed by atoms with E-state index in [9.17, 15) is 10.1 Å². The fraction of sp³-hybridized carbons (Fsp3) is 0. The van der Waals surface area contributed by atoms with Crippen LogP contribution < -0.4 is 5.43 Å². The second kappa shape index (κ2) is 7.98. The highest BCUT2D eigenvalue weighted by molar-refractivity contribution is 9.10. The van der Waals surface area contributed by atoms with Crippen LogP contribution in [0.25, 0.3) is 22.2 Å². The summed E-state index contributed by atoms with van der Waals surface area (Å²) >= 11 is 9.84. The molecule has 4 rings (SSSR count). The van der Waals surface area contributed by atoms with Gasteiger partial charge in [0.1, 0.15) is 4.92 Å². The number of nitro groups is 1. The number of hydrogen-bond donors (Lipinski definition) is 1. The quantitative estimate of drug-likeness (QED) is 0.228. The van der Waals surface area contributed by atoms with Gasteiger partial charge in [-0.25, -0.2) is 15.4 Å². The van der Waals surface area contributed by atoms with E-state index >= 15 is 0 Å². The summed E-state index contributed by atoms with van der Waals surface area (Å²) in [6.07, 6.45) is 1.30. The van der Waals surface area contributed by atoms with Crippen LogP contribution in [0.2, 0.25) is 5.02 Å². The van der Waals surface area contributed by atoms with Crippen LogP contribution in [0.5, 0.6) is 0 Å². The number of hydrazone groups is 1. The molecule has 0 atom stereocenters.